The van der Waals surface area contributed by atoms with Crippen molar-refractivity contribution in [3.8, 4) is 5.75 Å². The normalized spacial score (nSPS) is 21.5. The zero-order chi connectivity index (χ0) is 18.2. The molecule has 0 aliphatic carbocycles. The summed E-state index contributed by atoms with van der Waals surface area (Å²) in [5, 5.41) is 0. The number of rotatable bonds is 1. The van der Waals surface area contributed by atoms with Crippen LogP contribution in [0.3, 0.4) is 0 Å². The van der Waals surface area contributed by atoms with E-state index in [0.29, 0.717) is 30.8 Å². The standard InChI is InChI=1S/C19H24BrNO4/c1-19(2,3)25-18(23)21-8-6-12(7-9-21)16-11-15(22)14-5-4-13(20)10-17(14)24-16/h4-5,10,12,16H,6-9,11H2,1-3H3/t16-/m0/s1. The van der Waals surface area contributed by atoms with Crippen molar-refractivity contribution in [1.82, 2.24) is 4.90 Å². The zero-order valence-corrected chi connectivity index (χ0v) is 16.5. The quantitative estimate of drug-likeness (QED) is 0.688. The zero-order valence-electron chi connectivity index (χ0n) is 14.9. The lowest BCUT2D eigenvalue weighted by atomic mass is 9.86. The number of ketones is 1. The predicted octanol–water partition coefficient (Wildman–Crippen LogP) is 4.43. The largest absolute Gasteiger partial charge is 0.489 e. The Morgan fingerprint density at radius 1 is 1.28 bits per heavy atom. The van der Waals surface area contributed by atoms with E-state index in [1.807, 2.05) is 39.0 Å². The number of amides is 1. The summed E-state index contributed by atoms with van der Waals surface area (Å²) in [5.41, 5.74) is 0.176. The van der Waals surface area contributed by atoms with E-state index >= 15 is 0 Å². The highest BCUT2D eigenvalue weighted by Gasteiger charge is 2.36. The van der Waals surface area contributed by atoms with Gasteiger partial charge < -0.3 is 14.4 Å². The highest BCUT2D eigenvalue weighted by atomic mass is 79.9. The average Bonchev–Trinajstić information content (AvgIpc) is 2.53. The van der Waals surface area contributed by atoms with Gasteiger partial charge in [-0.25, -0.2) is 4.79 Å². The maximum atomic E-state index is 12.4. The summed E-state index contributed by atoms with van der Waals surface area (Å²) in [6.45, 7) is 6.88. The van der Waals surface area contributed by atoms with E-state index in [1.54, 1.807) is 4.90 Å². The number of carbonyl (C=O) groups excluding carboxylic acids is 2. The third-order valence-corrected chi connectivity index (χ3v) is 5.12. The number of benzene rings is 1. The number of halogens is 1. The molecule has 0 radical (unpaired) electrons. The summed E-state index contributed by atoms with van der Waals surface area (Å²) in [5.74, 6) is 1.06. The first-order valence-electron chi connectivity index (χ1n) is 8.70. The van der Waals surface area contributed by atoms with Gasteiger partial charge in [0.1, 0.15) is 17.5 Å². The molecule has 1 atom stereocenters. The van der Waals surface area contributed by atoms with Crippen molar-refractivity contribution in [3.05, 3.63) is 28.2 Å². The minimum absolute atomic E-state index is 0.116. The fourth-order valence-corrected chi connectivity index (χ4v) is 3.70. The van der Waals surface area contributed by atoms with Crippen molar-refractivity contribution >= 4 is 27.8 Å². The highest BCUT2D eigenvalue weighted by molar-refractivity contribution is 9.10. The van der Waals surface area contributed by atoms with Gasteiger partial charge in [-0.15, -0.1) is 0 Å². The molecule has 0 N–H and O–H groups in total. The van der Waals surface area contributed by atoms with Crippen LogP contribution in [-0.4, -0.2) is 41.6 Å². The van der Waals surface area contributed by atoms with Gasteiger partial charge in [0.2, 0.25) is 0 Å². The third-order valence-electron chi connectivity index (χ3n) is 4.63. The molecule has 0 spiro atoms. The Bertz CT molecular complexity index is 674. The van der Waals surface area contributed by atoms with Crippen LogP contribution < -0.4 is 4.74 Å². The Balaban J connectivity index is 1.60. The summed E-state index contributed by atoms with van der Waals surface area (Å²) in [6, 6.07) is 5.53. The van der Waals surface area contributed by atoms with E-state index in [2.05, 4.69) is 15.9 Å². The van der Waals surface area contributed by atoms with Gasteiger partial charge in [0.15, 0.2) is 5.78 Å². The van der Waals surface area contributed by atoms with E-state index in [-0.39, 0.29) is 23.9 Å². The monoisotopic (exact) mass is 409 g/mol. The van der Waals surface area contributed by atoms with E-state index in [4.69, 9.17) is 9.47 Å². The molecule has 1 saturated heterocycles. The van der Waals surface area contributed by atoms with Crippen molar-refractivity contribution in [2.45, 2.75) is 51.7 Å². The molecule has 2 aliphatic rings. The fraction of sp³-hybridized carbons (Fsp3) is 0.579. The molecular weight excluding hydrogens is 386 g/mol. The number of fused-ring (bicyclic) bond motifs is 1. The second kappa shape index (κ2) is 6.98. The fourth-order valence-electron chi connectivity index (χ4n) is 3.36. The third kappa shape index (κ3) is 4.35. The molecule has 5 nitrogen and oxygen atoms in total. The van der Waals surface area contributed by atoms with Crippen LogP contribution in [0.5, 0.6) is 5.75 Å². The maximum Gasteiger partial charge on any atom is 0.410 e. The Kier molecular flexibility index (Phi) is 5.09. The number of nitrogens with zero attached hydrogens (tertiary/aromatic N) is 1. The Hall–Kier alpha value is -1.56. The number of Topliss-reactive ketones (excluding diaryl/α,β-unsaturated/α-hetero) is 1. The van der Waals surface area contributed by atoms with Gasteiger partial charge in [0.25, 0.3) is 0 Å². The average molecular weight is 410 g/mol. The van der Waals surface area contributed by atoms with Crippen LogP contribution in [0.2, 0.25) is 0 Å². The van der Waals surface area contributed by atoms with Crippen LogP contribution in [0.1, 0.15) is 50.4 Å². The molecule has 1 amide bonds. The van der Waals surface area contributed by atoms with Crippen molar-refractivity contribution in [2.24, 2.45) is 5.92 Å². The topological polar surface area (TPSA) is 55.8 Å². The first kappa shape index (κ1) is 18.2. The molecule has 2 heterocycles. The van der Waals surface area contributed by atoms with Crippen LogP contribution in [0.25, 0.3) is 0 Å². The van der Waals surface area contributed by atoms with Crippen LogP contribution in [0.4, 0.5) is 4.79 Å². The molecule has 3 rings (SSSR count). The van der Waals surface area contributed by atoms with Crippen molar-refractivity contribution in [3.63, 3.8) is 0 Å². The predicted molar refractivity (Wildman–Crippen MR) is 98.0 cm³/mol. The SMILES string of the molecule is CC(C)(C)OC(=O)N1CCC([C@@H]2CC(=O)c3ccc(Br)cc3O2)CC1. The number of piperidine rings is 1. The van der Waals surface area contributed by atoms with E-state index < -0.39 is 5.60 Å². The Morgan fingerprint density at radius 3 is 2.60 bits per heavy atom. The van der Waals surface area contributed by atoms with Gasteiger partial charge in [-0.2, -0.15) is 0 Å². The lowest BCUT2D eigenvalue weighted by molar-refractivity contribution is 0.00901. The lowest BCUT2D eigenvalue weighted by Crippen LogP contribution is -2.45. The van der Waals surface area contributed by atoms with Crippen molar-refractivity contribution in [2.75, 3.05) is 13.1 Å². The highest BCUT2D eigenvalue weighted by Crippen LogP contribution is 2.35. The van der Waals surface area contributed by atoms with Crippen LogP contribution in [0, 0.1) is 5.92 Å². The van der Waals surface area contributed by atoms with Gasteiger partial charge >= 0.3 is 6.09 Å². The molecular formula is C19H24BrNO4. The molecule has 136 valence electrons. The molecule has 6 heteroatoms. The van der Waals surface area contributed by atoms with Gasteiger partial charge in [-0.1, -0.05) is 15.9 Å². The van der Waals surface area contributed by atoms with Crippen molar-refractivity contribution in [1.29, 1.82) is 0 Å². The number of hydrogen-bond donors (Lipinski definition) is 0. The van der Waals surface area contributed by atoms with Gasteiger partial charge in [0, 0.05) is 24.0 Å². The molecule has 1 aromatic carbocycles. The molecule has 0 saturated carbocycles. The minimum Gasteiger partial charge on any atom is -0.489 e. The molecule has 1 aromatic rings. The lowest BCUT2D eigenvalue weighted by Gasteiger charge is -2.38. The minimum atomic E-state index is -0.482. The van der Waals surface area contributed by atoms with Crippen LogP contribution in [0.15, 0.2) is 22.7 Å². The smallest absolute Gasteiger partial charge is 0.410 e. The van der Waals surface area contributed by atoms with E-state index in [9.17, 15) is 9.59 Å². The van der Waals surface area contributed by atoms with Crippen LogP contribution >= 0.6 is 15.9 Å². The second-order valence-corrected chi connectivity index (χ2v) is 8.64. The molecule has 0 bridgehead atoms. The first-order chi connectivity index (χ1) is 11.7. The second-order valence-electron chi connectivity index (χ2n) is 7.73. The van der Waals surface area contributed by atoms with Gasteiger partial charge in [-0.3, -0.25) is 4.79 Å². The molecule has 0 aromatic heterocycles. The van der Waals surface area contributed by atoms with E-state index in [0.717, 1.165) is 17.3 Å². The molecule has 1 fully saturated rings. The molecule has 25 heavy (non-hydrogen) atoms. The van der Waals surface area contributed by atoms with E-state index in [1.165, 1.54) is 0 Å². The number of likely N-dealkylation sites (tertiary alicyclic amines) is 1. The number of ether oxygens (including phenoxy) is 2. The number of carbonyl (C=O) groups is 2. The van der Waals surface area contributed by atoms with Gasteiger partial charge in [0.05, 0.1) is 5.56 Å². The Labute approximate surface area is 156 Å². The molecule has 2 aliphatic heterocycles. The Morgan fingerprint density at radius 2 is 1.96 bits per heavy atom. The summed E-state index contributed by atoms with van der Waals surface area (Å²) < 4.78 is 12.4. The summed E-state index contributed by atoms with van der Waals surface area (Å²) in [6.07, 6.45) is 1.67. The summed E-state index contributed by atoms with van der Waals surface area (Å²) in [7, 11) is 0. The maximum absolute atomic E-state index is 12.4. The summed E-state index contributed by atoms with van der Waals surface area (Å²) in [4.78, 5) is 26.3. The molecule has 0 unspecified atom stereocenters. The summed E-state index contributed by atoms with van der Waals surface area (Å²) >= 11 is 3.42. The first-order valence-corrected chi connectivity index (χ1v) is 9.49. The van der Waals surface area contributed by atoms with Gasteiger partial charge in [-0.05, 0) is 57.7 Å². The number of hydrogen-bond acceptors (Lipinski definition) is 4. The van der Waals surface area contributed by atoms with Crippen LogP contribution in [-0.2, 0) is 4.74 Å². The van der Waals surface area contributed by atoms with Crippen molar-refractivity contribution < 1.29 is 19.1 Å².